The topological polar surface area (TPSA) is 84.4 Å². The predicted molar refractivity (Wildman–Crippen MR) is 108 cm³/mol. The number of thiazole rings is 1. The van der Waals surface area contributed by atoms with Gasteiger partial charge in [-0.2, -0.15) is 13.2 Å². The summed E-state index contributed by atoms with van der Waals surface area (Å²) in [6, 6.07) is 3.84. The molecule has 1 aliphatic heterocycles. The predicted octanol–water partition coefficient (Wildman–Crippen LogP) is 2.95. The molecule has 0 unspecified atom stereocenters. The number of alkyl halides is 3. The third-order valence-electron chi connectivity index (χ3n) is 4.81. The molecule has 1 fully saturated rings. The van der Waals surface area contributed by atoms with Gasteiger partial charge < -0.3 is 15.0 Å². The lowest BCUT2D eigenvalue weighted by Gasteiger charge is -2.32. The average Bonchev–Trinajstić information content (AvgIpc) is 3.20. The van der Waals surface area contributed by atoms with Gasteiger partial charge in [0.05, 0.1) is 18.2 Å². The van der Waals surface area contributed by atoms with Crippen LogP contribution in [0.5, 0.6) is 0 Å². The quantitative estimate of drug-likeness (QED) is 0.693. The molecule has 31 heavy (non-hydrogen) atoms. The van der Waals surface area contributed by atoms with Gasteiger partial charge in [-0.15, -0.1) is 11.3 Å². The molecule has 0 bridgehead atoms. The van der Waals surface area contributed by atoms with Crippen molar-refractivity contribution in [1.82, 2.24) is 20.2 Å². The summed E-state index contributed by atoms with van der Waals surface area (Å²) in [4.78, 5) is 34.8. The highest BCUT2D eigenvalue weighted by Crippen LogP contribution is 2.22. The molecular formula is C20H23F3N4O3S. The molecule has 2 aromatic heterocycles. The number of amides is 2. The summed E-state index contributed by atoms with van der Waals surface area (Å²) in [5.74, 6) is -1.17. The second-order valence-electron chi connectivity index (χ2n) is 7.32. The zero-order valence-corrected chi connectivity index (χ0v) is 17.8. The molecule has 1 N–H and O–H groups in total. The maximum atomic E-state index is 12.5. The second-order valence-corrected chi connectivity index (χ2v) is 8.26. The number of hydrogen-bond donors (Lipinski definition) is 1. The maximum absolute atomic E-state index is 12.5. The zero-order chi connectivity index (χ0) is 22.4. The Morgan fingerprint density at radius 1 is 1.35 bits per heavy atom. The molecule has 11 heteroatoms. The molecule has 168 valence electrons. The first-order valence-electron chi connectivity index (χ1n) is 9.78. The maximum Gasteiger partial charge on any atom is 0.411 e. The van der Waals surface area contributed by atoms with E-state index in [1.54, 1.807) is 6.20 Å². The van der Waals surface area contributed by atoms with Crippen LogP contribution in [-0.4, -0.2) is 59.2 Å². The third kappa shape index (κ3) is 7.00. The molecule has 0 aliphatic carbocycles. The van der Waals surface area contributed by atoms with Gasteiger partial charge in [0.2, 0.25) is 11.8 Å². The van der Waals surface area contributed by atoms with Gasteiger partial charge in [-0.25, -0.2) is 4.98 Å². The van der Waals surface area contributed by atoms with Gasteiger partial charge in [0.15, 0.2) is 0 Å². The summed E-state index contributed by atoms with van der Waals surface area (Å²) >= 11 is 1.43. The summed E-state index contributed by atoms with van der Waals surface area (Å²) in [7, 11) is 0. The van der Waals surface area contributed by atoms with E-state index in [1.165, 1.54) is 16.2 Å². The van der Waals surface area contributed by atoms with E-state index in [0.717, 1.165) is 22.0 Å². The van der Waals surface area contributed by atoms with Crippen molar-refractivity contribution in [3.63, 3.8) is 0 Å². The second kappa shape index (κ2) is 10.2. The van der Waals surface area contributed by atoms with Crippen LogP contribution in [-0.2, 0) is 20.9 Å². The molecule has 1 atom stereocenters. The largest absolute Gasteiger partial charge is 0.411 e. The van der Waals surface area contributed by atoms with E-state index >= 15 is 0 Å². The number of pyridine rings is 1. The lowest BCUT2D eigenvalue weighted by atomic mass is 9.97. The van der Waals surface area contributed by atoms with E-state index in [1.807, 2.05) is 24.4 Å². The fraction of sp³-hybridized carbons (Fsp3) is 0.500. The van der Waals surface area contributed by atoms with Crippen molar-refractivity contribution in [1.29, 1.82) is 0 Å². The van der Waals surface area contributed by atoms with Gasteiger partial charge in [0, 0.05) is 35.9 Å². The number of nitrogens with zero attached hydrogens (tertiary/aromatic N) is 3. The number of piperidine rings is 1. The van der Waals surface area contributed by atoms with Crippen LogP contribution in [0, 0.1) is 12.8 Å². The van der Waals surface area contributed by atoms with Crippen molar-refractivity contribution in [2.45, 2.75) is 32.5 Å². The molecule has 1 aliphatic rings. The number of rotatable bonds is 7. The normalized spacial score (nSPS) is 16.9. The van der Waals surface area contributed by atoms with E-state index < -0.39 is 31.2 Å². The molecule has 3 heterocycles. The van der Waals surface area contributed by atoms with Gasteiger partial charge >= 0.3 is 6.18 Å². The number of hydrogen-bond acceptors (Lipinski definition) is 6. The zero-order valence-electron chi connectivity index (χ0n) is 16.9. The lowest BCUT2D eigenvalue weighted by Crippen LogP contribution is -2.46. The number of halogens is 3. The van der Waals surface area contributed by atoms with E-state index in [9.17, 15) is 22.8 Å². The number of ether oxygens (including phenoxy) is 1. The molecule has 1 saturated heterocycles. The van der Waals surface area contributed by atoms with Crippen LogP contribution in [0.2, 0.25) is 0 Å². The number of nitrogens with one attached hydrogen (secondary N) is 1. The van der Waals surface area contributed by atoms with E-state index in [2.05, 4.69) is 20.0 Å². The van der Waals surface area contributed by atoms with Crippen molar-refractivity contribution in [3.05, 3.63) is 34.4 Å². The van der Waals surface area contributed by atoms with Gasteiger partial charge in [-0.1, -0.05) is 0 Å². The Labute approximate surface area is 181 Å². The van der Waals surface area contributed by atoms with Crippen LogP contribution >= 0.6 is 11.3 Å². The monoisotopic (exact) mass is 456 g/mol. The molecule has 0 spiro atoms. The van der Waals surface area contributed by atoms with Crippen LogP contribution < -0.4 is 5.32 Å². The third-order valence-corrected chi connectivity index (χ3v) is 5.66. The Morgan fingerprint density at radius 3 is 2.87 bits per heavy atom. The van der Waals surface area contributed by atoms with Crippen LogP contribution in [0.15, 0.2) is 23.7 Å². The van der Waals surface area contributed by atoms with Gasteiger partial charge in [-0.3, -0.25) is 14.6 Å². The molecule has 2 aromatic rings. The molecule has 0 saturated carbocycles. The SMILES string of the molecule is Cc1ccc(-c2csc(CNC(=O)[C@H]3CCCN(C(=O)COCC(F)(F)F)C3)n2)cn1. The van der Waals surface area contributed by atoms with E-state index in [-0.39, 0.29) is 19.0 Å². The summed E-state index contributed by atoms with van der Waals surface area (Å²) in [5, 5.41) is 5.48. The number of aromatic nitrogens is 2. The van der Waals surface area contributed by atoms with Crippen molar-refractivity contribution in [3.8, 4) is 11.3 Å². The summed E-state index contributed by atoms with van der Waals surface area (Å²) in [6.45, 7) is 0.619. The molecule has 0 aromatic carbocycles. The standard InChI is InChI=1S/C20H23F3N4O3S/c1-13-4-5-14(7-24-13)16-11-31-17(26-16)8-25-19(29)15-3-2-6-27(9-15)18(28)10-30-12-20(21,22)23/h4-5,7,11,15H,2-3,6,8-10,12H2,1H3,(H,25,29)/t15-/m0/s1. The van der Waals surface area contributed by atoms with E-state index in [4.69, 9.17) is 0 Å². The van der Waals surface area contributed by atoms with E-state index in [0.29, 0.717) is 19.4 Å². The number of carbonyl (C=O) groups excluding carboxylic acids is 2. The fourth-order valence-electron chi connectivity index (χ4n) is 3.21. The first-order chi connectivity index (χ1) is 14.7. The van der Waals surface area contributed by atoms with Gasteiger partial charge in [0.1, 0.15) is 18.2 Å². The molecule has 7 nitrogen and oxygen atoms in total. The molecule has 3 rings (SSSR count). The van der Waals surface area contributed by atoms with Gasteiger partial charge in [-0.05, 0) is 31.9 Å². The minimum absolute atomic E-state index is 0.165. The highest BCUT2D eigenvalue weighted by atomic mass is 32.1. The lowest BCUT2D eigenvalue weighted by molar-refractivity contribution is -0.178. The van der Waals surface area contributed by atoms with Crippen LogP contribution in [0.1, 0.15) is 23.5 Å². The Balaban J connectivity index is 1.47. The molecule has 0 radical (unpaired) electrons. The van der Waals surface area contributed by atoms with Crippen LogP contribution in [0.25, 0.3) is 11.3 Å². The minimum Gasteiger partial charge on any atom is -0.362 e. The number of aryl methyl sites for hydroxylation is 1. The highest BCUT2D eigenvalue weighted by Gasteiger charge is 2.31. The Hall–Kier alpha value is -2.53. The van der Waals surface area contributed by atoms with Crippen molar-refractivity contribution >= 4 is 23.2 Å². The Kier molecular flexibility index (Phi) is 7.60. The highest BCUT2D eigenvalue weighted by molar-refractivity contribution is 7.09. The van der Waals surface area contributed by atoms with Crippen molar-refractivity contribution < 1.29 is 27.5 Å². The first kappa shape index (κ1) is 23.1. The van der Waals surface area contributed by atoms with Crippen LogP contribution in [0.4, 0.5) is 13.2 Å². The van der Waals surface area contributed by atoms with Gasteiger partial charge in [0.25, 0.3) is 0 Å². The fourth-order valence-corrected chi connectivity index (χ4v) is 3.96. The summed E-state index contributed by atoms with van der Waals surface area (Å²) in [6.07, 6.45) is -1.52. The summed E-state index contributed by atoms with van der Waals surface area (Å²) < 4.78 is 40.9. The minimum atomic E-state index is -4.48. The first-order valence-corrected chi connectivity index (χ1v) is 10.7. The molecule has 2 amide bonds. The molecular weight excluding hydrogens is 433 g/mol. The Morgan fingerprint density at radius 2 is 2.16 bits per heavy atom. The smallest absolute Gasteiger partial charge is 0.362 e. The average molecular weight is 456 g/mol. The van der Waals surface area contributed by atoms with Crippen LogP contribution in [0.3, 0.4) is 0 Å². The van der Waals surface area contributed by atoms with Crippen molar-refractivity contribution in [2.24, 2.45) is 5.92 Å². The number of carbonyl (C=O) groups is 2. The number of likely N-dealkylation sites (tertiary alicyclic amines) is 1. The summed E-state index contributed by atoms with van der Waals surface area (Å²) in [5.41, 5.74) is 2.60. The van der Waals surface area contributed by atoms with Crippen molar-refractivity contribution in [2.75, 3.05) is 26.3 Å². The Bertz CT molecular complexity index is 902.